The molecule has 5 nitrogen and oxygen atoms in total. The number of benzene rings is 2. The Balaban J connectivity index is 1.65. The average Bonchev–Trinajstić information content (AvgIpc) is 2.52. The van der Waals surface area contributed by atoms with E-state index < -0.39 is 5.63 Å². The van der Waals surface area contributed by atoms with E-state index in [2.05, 4.69) is 5.32 Å². The second kappa shape index (κ2) is 6.36. The Morgan fingerprint density at radius 2 is 1.96 bits per heavy atom. The number of carbonyl (C=O) groups is 1. The van der Waals surface area contributed by atoms with Crippen molar-refractivity contribution in [3.05, 3.63) is 70.6 Å². The fraction of sp³-hybridized carbons (Fsp3) is 0.111. The summed E-state index contributed by atoms with van der Waals surface area (Å²) in [6.07, 6.45) is 0. The summed E-state index contributed by atoms with van der Waals surface area (Å²) in [7, 11) is 0. The lowest BCUT2D eigenvalue weighted by Gasteiger charge is -2.08. The number of anilines is 1. The van der Waals surface area contributed by atoms with Crippen molar-refractivity contribution in [2.45, 2.75) is 6.92 Å². The van der Waals surface area contributed by atoms with Crippen LogP contribution in [0.25, 0.3) is 11.0 Å². The summed E-state index contributed by atoms with van der Waals surface area (Å²) >= 11 is 0. The van der Waals surface area contributed by atoms with Crippen LogP contribution in [-0.4, -0.2) is 12.5 Å². The fourth-order valence-electron chi connectivity index (χ4n) is 2.20. The summed E-state index contributed by atoms with van der Waals surface area (Å²) in [5.74, 6) is 0.205. The maximum Gasteiger partial charge on any atom is 0.336 e. The van der Waals surface area contributed by atoms with Crippen molar-refractivity contribution < 1.29 is 13.9 Å². The molecular formula is C18H15NO4. The third kappa shape index (κ3) is 3.77. The third-order valence-corrected chi connectivity index (χ3v) is 3.27. The number of aryl methyl sites for hydroxylation is 1. The molecule has 1 N–H and O–H groups in total. The first-order valence-corrected chi connectivity index (χ1v) is 7.13. The average molecular weight is 309 g/mol. The summed E-state index contributed by atoms with van der Waals surface area (Å²) in [4.78, 5) is 23.1. The SMILES string of the molecule is Cc1cccc(NC(=O)COc2ccc3ccc(=O)oc3c2)c1. The Hall–Kier alpha value is -3.08. The van der Waals surface area contributed by atoms with Gasteiger partial charge in [0.05, 0.1) is 0 Å². The highest BCUT2D eigenvalue weighted by Crippen LogP contribution is 2.19. The molecular weight excluding hydrogens is 294 g/mol. The van der Waals surface area contributed by atoms with Gasteiger partial charge in [0.25, 0.3) is 5.91 Å². The van der Waals surface area contributed by atoms with Gasteiger partial charge in [0.15, 0.2) is 6.61 Å². The Labute approximate surface area is 132 Å². The number of amides is 1. The van der Waals surface area contributed by atoms with Crippen LogP contribution in [-0.2, 0) is 4.79 Å². The lowest BCUT2D eigenvalue weighted by atomic mass is 10.2. The van der Waals surface area contributed by atoms with Crippen molar-refractivity contribution in [3.63, 3.8) is 0 Å². The van der Waals surface area contributed by atoms with Gasteiger partial charge in [-0.2, -0.15) is 0 Å². The maximum atomic E-state index is 11.9. The highest BCUT2D eigenvalue weighted by molar-refractivity contribution is 5.92. The van der Waals surface area contributed by atoms with Gasteiger partial charge in [-0.25, -0.2) is 4.79 Å². The highest BCUT2D eigenvalue weighted by atomic mass is 16.5. The smallest absolute Gasteiger partial charge is 0.336 e. The van der Waals surface area contributed by atoms with Gasteiger partial charge in [-0.15, -0.1) is 0 Å². The Bertz CT molecular complexity index is 914. The van der Waals surface area contributed by atoms with Crippen LogP contribution in [0.2, 0.25) is 0 Å². The van der Waals surface area contributed by atoms with Gasteiger partial charge >= 0.3 is 5.63 Å². The summed E-state index contributed by atoms with van der Waals surface area (Å²) in [6.45, 7) is 1.82. The molecule has 1 heterocycles. The van der Waals surface area contributed by atoms with Crippen molar-refractivity contribution >= 4 is 22.6 Å². The monoisotopic (exact) mass is 309 g/mol. The summed E-state index contributed by atoms with van der Waals surface area (Å²) in [5.41, 5.74) is 1.79. The molecule has 0 atom stereocenters. The van der Waals surface area contributed by atoms with Crippen LogP contribution in [0.5, 0.6) is 5.75 Å². The predicted molar refractivity (Wildman–Crippen MR) is 87.8 cm³/mol. The minimum absolute atomic E-state index is 0.128. The summed E-state index contributed by atoms with van der Waals surface area (Å²) in [5, 5.41) is 3.55. The van der Waals surface area contributed by atoms with Crippen molar-refractivity contribution in [2.75, 3.05) is 11.9 Å². The number of ether oxygens (including phenoxy) is 1. The zero-order valence-corrected chi connectivity index (χ0v) is 12.5. The van der Waals surface area contributed by atoms with E-state index in [4.69, 9.17) is 9.15 Å². The molecule has 0 aliphatic heterocycles. The van der Waals surface area contributed by atoms with Gasteiger partial charge in [-0.1, -0.05) is 12.1 Å². The molecule has 2 aromatic carbocycles. The van der Waals surface area contributed by atoms with Gasteiger partial charge in [0.2, 0.25) is 0 Å². The standard InChI is InChI=1S/C18H15NO4/c1-12-3-2-4-14(9-12)19-17(20)11-22-15-7-5-13-6-8-18(21)23-16(13)10-15/h2-10H,11H2,1H3,(H,19,20). The number of rotatable bonds is 4. The molecule has 0 saturated heterocycles. The minimum atomic E-state index is -0.424. The lowest BCUT2D eigenvalue weighted by molar-refractivity contribution is -0.118. The van der Waals surface area contributed by atoms with Gasteiger partial charge in [-0.3, -0.25) is 4.79 Å². The van der Waals surface area contributed by atoms with E-state index >= 15 is 0 Å². The second-order valence-electron chi connectivity index (χ2n) is 5.16. The van der Waals surface area contributed by atoms with Gasteiger partial charge in [0, 0.05) is 23.2 Å². The van der Waals surface area contributed by atoms with Crippen LogP contribution in [0, 0.1) is 6.92 Å². The van der Waals surface area contributed by atoms with Gasteiger partial charge < -0.3 is 14.5 Å². The normalized spacial score (nSPS) is 10.5. The molecule has 0 saturated carbocycles. The molecule has 0 spiro atoms. The lowest BCUT2D eigenvalue weighted by Crippen LogP contribution is -2.20. The minimum Gasteiger partial charge on any atom is -0.484 e. The van der Waals surface area contributed by atoms with E-state index in [0.29, 0.717) is 11.3 Å². The van der Waals surface area contributed by atoms with Crippen LogP contribution in [0.4, 0.5) is 5.69 Å². The first kappa shape index (κ1) is 14.8. The number of carbonyl (C=O) groups excluding carboxylic acids is 1. The first-order valence-electron chi connectivity index (χ1n) is 7.13. The van der Waals surface area contributed by atoms with Crippen molar-refractivity contribution in [3.8, 4) is 5.75 Å². The Kier molecular flexibility index (Phi) is 4.10. The molecule has 0 unspecified atom stereocenters. The summed E-state index contributed by atoms with van der Waals surface area (Å²) in [6, 6.07) is 15.6. The maximum absolute atomic E-state index is 11.9. The van der Waals surface area contributed by atoms with Crippen LogP contribution in [0.1, 0.15) is 5.56 Å². The van der Waals surface area contributed by atoms with E-state index in [1.807, 2.05) is 31.2 Å². The Morgan fingerprint density at radius 3 is 2.78 bits per heavy atom. The largest absolute Gasteiger partial charge is 0.484 e. The molecule has 0 aliphatic rings. The fourth-order valence-corrected chi connectivity index (χ4v) is 2.20. The van der Waals surface area contributed by atoms with E-state index in [1.165, 1.54) is 6.07 Å². The molecule has 0 bridgehead atoms. The van der Waals surface area contributed by atoms with Crippen LogP contribution in [0.15, 0.2) is 63.8 Å². The molecule has 0 fully saturated rings. The quantitative estimate of drug-likeness (QED) is 0.752. The molecule has 116 valence electrons. The molecule has 23 heavy (non-hydrogen) atoms. The number of hydrogen-bond donors (Lipinski definition) is 1. The van der Waals surface area contributed by atoms with Crippen LogP contribution in [0.3, 0.4) is 0 Å². The van der Waals surface area contributed by atoms with Crippen LogP contribution >= 0.6 is 0 Å². The van der Waals surface area contributed by atoms with E-state index in [1.54, 1.807) is 24.3 Å². The van der Waals surface area contributed by atoms with Crippen LogP contribution < -0.4 is 15.7 Å². The van der Waals surface area contributed by atoms with Crippen molar-refractivity contribution in [1.29, 1.82) is 0 Å². The Morgan fingerprint density at radius 1 is 1.13 bits per heavy atom. The molecule has 3 aromatic rings. The van der Waals surface area contributed by atoms with E-state index in [-0.39, 0.29) is 12.5 Å². The van der Waals surface area contributed by atoms with E-state index in [9.17, 15) is 9.59 Å². The highest BCUT2D eigenvalue weighted by Gasteiger charge is 2.05. The molecule has 0 aliphatic carbocycles. The molecule has 1 aromatic heterocycles. The van der Waals surface area contributed by atoms with E-state index in [0.717, 1.165) is 16.6 Å². The second-order valence-corrected chi connectivity index (χ2v) is 5.16. The van der Waals surface area contributed by atoms with Crippen molar-refractivity contribution in [2.24, 2.45) is 0 Å². The molecule has 3 rings (SSSR count). The third-order valence-electron chi connectivity index (χ3n) is 3.27. The van der Waals surface area contributed by atoms with Gasteiger partial charge in [0.1, 0.15) is 11.3 Å². The topological polar surface area (TPSA) is 68.5 Å². The zero-order chi connectivity index (χ0) is 16.2. The zero-order valence-electron chi connectivity index (χ0n) is 12.5. The number of hydrogen-bond acceptors (Lipinski definition) is 4. The summed E-state index contributed by atoms with van der Waals surface area (Å²) < 4.78 is 10.5. The molecule has 1 amide bonds. The van der Waals surface area contributed by atoms with Gasteiger partial charge in [-0.05, 0) is 42.8 Å². The first-order chi connectivity index (χ1) is 11.1. The molecule has 5 heteroatoms. The van der Waals surface area contributed by atoms with Crippen molar-refractivity contribution in [1.82, 2.24) is 0 Å². The predicted octanol–water partition coefficient (Wildman–Crippen LogP) is 3.12. The molecule has 0 radical (unpaired) electrons. The number of nitrogens with one attached hydrogen (secondary N) is 1. The number of fused-ring (bicyclic) bond motifs is 1.